The third-order valence-electron chi connectivity index (χ3n) is 2.93. The van der Waals surface area contributed by atoms with Crippen LogP contribution in [-0.4, -0.2) is 47.0 Å². The van der Waals surface area contributed by atoms with Crippen molar-refractivity contribution in [1.29, 1.82) is 0 Å². The van der Waals surface area contributed by atoms with Gasteiger partial charge >= 0.3 is 5.97 Å². The Morgan fingerprint density at radius 2 is 2.09 bits per heavy atom. The zero-order chi connectivity index (χ0) is 16.1. The number of hydrogen-bond donors (Lipinski definition) is 1. The molecule has 1 aromatic rings. The van der Waals surface area contributed by atoms with E-state index in [2.05, 4.69) is 5.32 Å². The normalized spacial score (nSPS) is 15.5. The van der Waals surface area contributed by atoms with Crippen LogP contribution in [-0.2, 0) is 19.1 Å². The summed E-state index contributed by atoms with van der Waals surface area (Å²) in [6, 6.07) is 5.23. The maximum absolute atomic E-state index is 12.8. The minimum atomic E-state index is -1.01. The van der Waals surface area contributed by atoms with E-state index >= 15 is 0 Å². The summed E-state index contributed by atoms with van der Waals surface area (Å²) in [5.74, 6) is -0.895. The van der Waals surface area contributed by atoms with Gasteiger partial charge in [-0.25, -0.2) is 4.39 Å². The number of ether oxygens (including phenoxy) is 1. The number of carbonyl (C=O) groups is 3. The first-order valence-electron chi connectivity index (χ1n) is 6.57. The lowest BCUT2D eigenvalue weighted by Gasteiger charge is -2.17. The summed E-state index contributed by atoms with van der Waals surface area (Å²) >= 11 is 1.42. The molecule has 0 aliphatic carbocycles. The molecule has 118 valence electrons. The quantitative estimate of drug-likeness (QED) is 0.824. The van der Waals surface area contributed by atoms with Crippen molar-refractivity contribution in [3.63, 3.8) is 0 Å². The van der Waals surface area contributed by atoms with Gasteiger partial charge in [0, 0.05) is 5.69 Å². The highest BCUT2D eigenvalue weighted by atomic mass is 32.2. The molecule has 0 saturated carbocycles. The van der Waals surface area contributed by atoms with Gasteiger partial charge in [-0.05, 0) is 31.2 Å². The SMILES string of the molecule is C[C@H](OC(=O)CN1CSCC1=O)C(=O)Nc1ccc(F)cc1. The summed E-state index contributed by atoms with van der Waals surface area (Å²) in [7, 11) is 0. The highest BCUT2D eigenvalue weighted by Gasteiger charge is 2.25. The molecule has 1 N–H and O–H groups in total. The largest absolute Gasteiger partial charge is 0.451 e. The minimum Gasteiger partial charge on any atom is -0.451 e. The molecule has 0 aromatic heterocycles. The molecule has 1 heterocycles. The topological polar surface area (TPSA) is 75.7 Å². The third-order valence-corrected chi connectivity index (χ3v) is 3.88. The summed E-state index contributed by atoms with van der Waals surface area (Å²) in [6.45, 7) is 1.26. The van der Waals surface area contributed by atoms with Gasteiger partial charge < -0.3 is 15.0 Å². The van der Waals surface area contributed by atoms with E-state index in [1.54, 1.807) is 0 Å². The van der Waals surface area contributed by atoms with E-state index < -0.39 is 23.8 Å². The Bertz CT molecular complexity index is 579. The van der Waals surface area contributed by atoms with Gasteiger partial charge in [-0.1, -0.05) is 0 Å². The minimum absolute atomic E-state index is 0.120. The fraction of sp³-hybridized carbons (Fsp3) is 0.357. The maximum atomic E-state index is 12.8. The highest BCUT2D eigenvalue weighted by molar-refractivity contribution is 8.00. The molecule has 0 bridgehead atoms. The molecule has 2 amide bonds. The molecule has 2 rings (SSSR count). The van der Waals surface area contributed by atoms with Crippen LogP contribution in [0, 0.1) is 5.82 Å². The fourth-order valence-corrected chi connectivity index (χ4v) is 2.67. The van der Waals surface area contributed by atoms with Crippen molar-refractivity contribution in [2.45, 2.75) is 13.0 Å². The van der Waals surface area contributed by atoms with Crippen LogP contribution in [0.3, 0.4) is 0 Å². The maximum Gasteiger partial charge on any atom is 0.326 e. The van der Waals surface area contributed by atoms with Crippen molar-refractivity contribution in [3.05, 3.63) is 30.1 Å². The van der Waals surface area contributed by atoms with Crippen LogP contribution in [0.25, 0.3) is 0 Å². The second-order valence-corrected chi connectivity index (χ2v) is 5.65. The Balaban J connectivity index is 1.81. The van der Waals surface area contributed by atoms with E-state index in [1.807, 2.05) is 0 Å². The second-order valence-electron chi connectivity index (χ2n) is 4.70. The van der Waals surface area contributed by atoms with E-state index in [1.165, 1.54) is 47.9 Å². The summed E-state index contributed by atoms with van der Waals surface area (Å²) in [6.07, 6.45) is -1.01. The molecule has 0 radical (unpaired) electrons. The Labute approximate surface area is 131 Å². The van der Waals surface area contributed by atoms with Gasteiger partial charge in [0.2, 0.25) is 5.91 Å². The Kier molecular flexibility index (Phi) is 5.37. The third kappa shape index (κ3) is 4.45. The summed E-state index contributed by atoms with van der Waals surface area (Å²) in [5, 5.41) is 2.51. The standard InChI is InChI=1S/C14H15FN2O4S/c1-9(14(20)16-11-4-2-10(15)3-5-11)21-13(19)6-17-8-22-7-12(17)18/h2-5,9H,6-8H2,1H3,(H,16,20)/t9-/m0/s1. The predicted octanol–water partition coefficient (Wildman–Crippen LogP) is 1.23. The summed E-state index contributed by atoms with van der Waals surface area (Å²) in [4.78, 5) is 36.3. The molecule has 1 saturated heterocycles. The Hall–Kier alpha value is -2.09. The fourth-order valence-electron chi connectivity index (χ4n) is 1.76. The lowest BCUT2D eigenvalue weighted by Crippen LogP contribution is -2.36. The molecule has 0 spiro atoms. The van der Waals surface area contributed by atoms with Crippen molar-refractivity contribution >= 4 is 35.2 Å². The molecular formula is C14H15FN2O4S. The van der Waals surface area contributed by atoms with Gasteiger partial charge in [-0.2, -0.15) is 0 Å². The first-order valence-corrected chi connectivity index (χ1v) is 7.72. The van der Waals surface area contributed by atoms with Crippen LogP contribution < -0.4 is 5.32 Å². The van der Waals surface area contributed by atoms with Crippen LogP contribution in [0.4, 0.5) is 10.1 Å². The van der Waals surface area contributed by atoms with E-state index in [-0.39, 0.29) is 12.5 Å². The highest BCUT2D eigenvalue weighted by Crippen LogP contribution is 2.14. The number of nitrogens with one attached hydrogen (secondary N) is 1. The van der Waals surface area contributed by atoms with Gasteiger partial charge in [0.05, 0.1) is 11.6 Å². The number of amides is 2. The van der Waals surface area contributed by atoms with Crippen molar-refractivity contribution < 1.29 is 23.5 Å². The van der Waals surface area contributed by atoms with Crippen molar-refractivity contribution in [2.24, 2.45) is 0 Å². The van der Waals surface area contributed by atoms with E-state index in [9.17, 15) is 18.8 Å². The Morgan fingerprint density at radius 3 is 2.68 bits per heavy atom. The number of thioether (sulfide) groups is 1. The number of benzene rings is 1. The average molecular weight is 326 g/mol. The summed E-state index contributed by atoms with van der Waals surface area (Å²) < 4.78 is 17.8. The van der Waals surface area contributed by atoms with Crippen molar-refractivity contribution in [1.82, 2.24) is 4.90 Å². The molecule has 1 atom stereocenters. The molecule has 8 heteroatoms. The molecule has 1 fully saturated rings. The smallest absolute Gasteiger partial charge is 0.326 e. The Morgan fingerprint density at radius 1 is 1.41 bits per heavy atom. The summed E-state index contributed by atoms with van der Waals surface area (Å²) in [5.41, 5.74) is 0.403. The number of hydrogen-bond acceptors (Lipinski definition) is 5. The van der Waals surface area contributed by atoms with Crippen LogP contribution in [0.2, 0.25) is 0 Å². The molecule has 6 nitrogen and oxygen atoms in total. The average Bonchev–Trinajstić information content (AvgIpc) is 2.86. The van der Waals surface area contributed by atoms with Gasteiger partial charge in [-0.3, -0.25) is 14.4 Å². The first-order chi connectivity index (χ1) is 10.5. The number of anilines is 1. The van der Waals surface area contributed by atoms with Gasteiger partial charge in [-0.15, -0.1) is 11.8 Å². The number of esters is 1. The zero-order valence-electron chi connectivity index (χ0n) is 11.9. The van der Waals surface area contributed by atoms with Gasteiger partial charge in [0.1, 0.15) is 12.4 Å². The van der Waals surface area contributed by atoms with Crippen LogP contribution >= 0.6 is 11.8 Å². The van der Waals surface area contributed by atoms with Gasteiger partial charge in [0.25, 0.3) is 5.91 Å². The molecule has 0 unspecified atom stereocenters. The predicted molar refractivity (Wildman–Crippen MR) is 79.6 cm³/mol. The lowest BCUT2D eigenvalue weighted by molar-refractivity contribution is -0.155. The molecular weight excluding hydrogens is 311 g/mol. The van der Waals surface area contributed by atoms with E-state index in [0.717, 1.165) is 0 Å². The lowest BCUT2D eigenvalue weighted by atomic mass is 10.3. The second kappa shape index (κ2) is 7.26. The van der Waals surface area contributed by atoms with Crippen molar-refractivity contribution in [3.8, 4) is 0 Å². The van der Waals surface area contributed by atoms with Crippen LogP contribution in [0.15, 0.2) is 24.3 Å². The molecule has 1 aliphatic rings. The molecule has 1 aromatic carbocycles. The first kappa shape index (κ1) is 16.3. The van der Waals surface area contributed by atoms with Crippen LogP contribution in [0.1, 0.15) is 6.92 Å². The zero-order valence-corrected chi connectivity index (χ0v) is 12.7. The van der Waals surface area contributed by atoms with Crippen LogP contribution in [0.5, 0.6) is 0 Å². The molecule has 1 aliphatic heterocycles. The number of nitrogens with zero attached hydrogens (tertiary/aromatic N) is 1. The van der Waals surface area contributed by atoms with Crippen molar-refractivity contribution in [2.75, 3.05) is 23.5 Å². The monoisotopic (exact) mass is 326 g/mol. The number of halogens is 1. The van der Waals surface area contributed by atoms with Gasteiger partial charge in [0.15, 0.2) is 6.10 Å². The number of rotatable bonds is 5. The molecule has 22 heavy (non-hydrogen) atoms. The van der Waals surface area contributed by atoms with E-state index in [0.29, 0.717) is 17.3 Å². The number of carbonyl (C=O) groups excluding carboxylic acids is 3. The van der Waals surface area contributed by atoms with E-state index in [4.69, 9.17) is 4.74 Å².